The van der Waals surface area contributed by atoms with Crippen molar-refractivity contribution >= 4 is 85.2 Å². The standard InChI is InChI=1S/C39H34NO2PS/c1-4-44(3,5-2)36-26-30-17-7-11-19-32(30)38-37-31-18-10-6-14-27(31)24-25-35(37)41-43(42-39(36)38)40-33-20-12-8-15-28(33)22-23-29-16-9-13-21-34(29)40/h6-26H,4-5H2,1-3H3. The highest BCUT2D eigenvalue weighted by atomic mass is 32.3. The minimum Gasteiger partial charge on any atom is -0.403 e. The number of rotatable bonds is 4. The summed E-state index contributed by atoms with van der Waals surface area (Å²) in [5.74, 6) is 2.16. The highest BCUT2D eigenvalue weighted by Gasteiger charge is 2.28. The van der Waals surface area contributed by atoms with Gasteiger partial charge in [0.05, 0.1) is 11.4 Å². The zero-order chi connectivity index (χ0) is 29.8. The van der Waals surface area contributed by atoms with E-state index in [9.17, 15) is 0 Å². The second-order valence-corrected chi connectivity index (χ2v) is 16.9. The number of benzene rings is 6. The molecule has 2 heterocycles. The third-order valence-electron chi connectivity index (χ3n) is 9.20. The summed E-state index contributed by atoms with van der Waals surface area (Å²) in [7, 11) is -2.84. The summed E-state index contributed by atoms with van der Waals surface area (Å²) in [6, 6.07) is 41.2. The van der Waals surface area contributed by atoms with E-state index in [0.717, 1.165) is 55.9 Å². The largest absolute Gasteiger partial charge is 0.403 e. The molecule has 0 radical (unpaired) electrons. The molecule has 1 atom stereocenters. The molecular weight excluding hydrogens is 577 g/mol. The summed E-state index contributed by atoms with van der Waals surface area (Å²) in [5.41, 5.74) is 6.25. The zero-order valence-electron chi connectivity index (χ0n) is 25.2. The molecule has 0 fully saturated rings. The Kier molecular flexibility index (Phi) is 6.59. The zero-order valence-corrected chi connectivity index (χ0v) is 26.9. The molecule has 3 nitrogen and oxygen atoms in total. The number of fused-ring (bicyclic) bond motifs is 9. The summed E-state index contributed by atoms with van der Waals surface area (Å²) in [6.45, 7) is 4.65. The molecule has 0 saturated heterocycles. The monoisotopic (exact) mass is 611 g/mol. The first-order valence-corrected chi connectivity index (χ1v) is 18.7. The molecule has 6 aromatic carbocycles. The predicted octanol–water partition coefficient (Wildman–Crippen LogP) is 12.5. The molecule has 1 aliphatic rings. The first kappa shape index (κ1) is 27.2. The Labute approximate surface area is 260 Å². The van der Waals surface area contributed by atoms with E-state index in [1.807, 2.05) is 0 Å². The molecule has 0 saturated carbocycles. The third kappa shape index (κ3) is 4.20. The van der Waals surface area contributed by atoms with Crippen molar-refractivity contribution in [2.24, 2.45) is 0 Å². The van der Waals surface area contributed by atoms with Crippen LogP contribution in [0.5, 0.6) is 0 Å². The molecular formula is C39H34NO2PS. The van der Waals surface area contributed by atoms with Crippen molar-refractivity contribution in [1.29, 1.82) is 0 Å². The van der Waals surface area contributed by atoms with Gasteiger partial charge in [0.15, 0.2) is 5.58 Å². The first-order chi connectivity index (χ1) is 21.6. The Morgan fingerprint density at radius 1 is 0.614 bits per heavy atom. The van der Waals surface area contributed by atoms with Crippen molar-refractivity contribution in [1.82, 2.24) is 0 Å². The van der Waals surface area contributed by atoms with Crippen LogP contribution in [0.25, 0.3) is 55.6 Å². The van der Waals surface area contributed by atoms with Crippen LogP contribution in [0.4, 0.5) is 11.4 Å². The molecule has 0 N–H and O–H groups in total. The van der Waals surface area contributed by atoms with Gasteiger partial charge in [-0.25, -0.2) is 14.7 Å². The van der Waals surface area contributed by atoms with Gasteiger partial charge in [-0.1, -0.05) is 117 Å². The summed E-state index contributed by atoms with van der Waals surface area (Å²) in [5, 5.41) is 7.06. The molecule has 44 heavy (non-hydrogen) atoms. The molecule has 1 unspecified atom stereocenters. The van der Waals surface area contributed by atoms with Gasteiger partial charge >= 0.3 is 8.16 Å². The molecule has 7 aromatic rings. The van der Waals surface area contributed by atoms with Crippen molar-refractivity contribution in [3.63, 3.8) is 0 Å². The third-order valence-corrected chi connectivity index (χ3v) is 14.6. The van der Waals surface area contributed by atoms with Gasteiger partial charge < -0.3 is 8.39 Å². The highest BCUT2D eigenvalue weighted by Crippen LogP contribution is 2.58. The normalized spacial score (nSPS) is 13.7. The maximum atomic E-state index is 7.45. The molecule has 0 bridgehead atoms. The number of para-hydroxylation sites is 2. The Bertz CT molecular complexity index is 2250. The van der Waals surface area contributed by atoms with Crippen molar-refractivity contribution < 1.29 is 8.39 Å². The van der Waals surface area contributed by atoms with E-state index in [1.165, 1.54) is 26.4 Å². The fourth-order valence-electron chi connectivity index (χ4n) is 6.50. The molecule has 0 aliphatic carbocycles. The van der Waals surface area contributed by atoms with Crippen LogP contribution in [0, 0.1) is 0 Å². The maximum absolute atomic E-state index is 7.45. The van der Waals surface area contributed by atoms with Crippen LogP contribution < -0.4 is 4.67 Å². The van der Waals surface area contributed by atoms with E-state index in [2.05, 4.69) is 152 Å². The van der Waals surface area contributed by atoms with Crippen LogP contribution in [0.15, 0.2) is 129 Å². The minimum atomic E-state index is -1.66. The van der Waals surface area contributed by atoms with Crippen LogP contribution in [0.3, 0.4) is 0 Å². The number of hydrogen-bond acceptors (Lipinski definition) is 3. The average molecular weight is 612 g/mol. The number of anilines is 2. The molecule has 218 valence electrons. The van der Waals surface area contributed by atoms with Gasteiger partial charge in [-0.2, -0.15) is 0 Å². The summed E-state index contributed by atoms with van der Waals surface area (Å²) in [6.07, 6.45) is 6.86. The lowest BCUT2D eigenvalue weighted by Gasteiger charge is -2.34. The van der Waals surface area contributed by atoms with E-state index in [1.54, 1.807) is 0 Å². The summed E-state index contributed by atoms with van der Waals surface area (Å²) >= 11 is 0. The first-order valence-electron chi connectivity index (χ1n) is 15.2. The van der Waals surface area contributed by atoms with Gasteiger partial charge in [0.1, 0.15) is 5.58 Å². The van der Waals surface area contributed by atoms with E-state index in [0.29, 0.717) is 0 Å². The quantitative estimate of drug-likeness (QED) is 0.198. The van der Waals surface area contributed by atoms with E-state index in [4.69, 9.17) is 8.39 Å². The topological polar surface area (TPSA) is 29.5 Å². The van der Waals surface area contributed by atoms with E-state index >= 15 is 0 Å². The predicted molar refractivity (Wildman–Crippen MR) is 194 cm³/mol. The van der Waals surface area contributed by atoms with Crippen LogP contribution in [-0.2, 0) is 0 Å². The van der Waals surface area contributed by atoms with Crippen LogP contribution in [0.1, 0.15) is 25.0 Å². The second-order valence-electron chi connectivity index (χ2n) is 11.5. The molecule has 8 rings (SSSR count). The summed E-state index contributed by atoms with van der Waals surface area (Å²) < 4.78 is 16.9. The van der Waals surface area contributed by atoms with Gasteiger partial charge in [-0.15, -0.1) is 0 Å². The van der Waals surface area contributed by atoms with Crippen molar-refractivity contribution in [2.75, 3.05) is 22.4 Å². The van der Waals surface area contributed by atoms with Crippen LogP contribution >= 0.6 is 18.2 Å². The minimum absolute atomic E-state index is 0.854. The SMILES string of the molecule is CCS(C)(CC)c1cc2ccccc2c2c1op(N1c3ccccc3C=Cc3ccccc31)oc1ccc3ccccc3c12. The highest BCUT2D eigenvalue weighted by molar-refractivity contribution is 8.33. The molecule has 0 spiro atoms. The Balaban J connectivity index is 1.63. The fraction of sp³-hybridized carbons (Fsp3) is 0.128. The Morgan fingerprint density at radius 3 is 1.84 bits per heavy atom. The second kappa shape index (κ2) is 10.7. The van der Waals surface area contributed by atoms with Gasteiger partial charge in [0, 0.05) is 15.7 Å². The molecule has 1 aliphatic heterocycles. The Hall–Kier alpha value is -4.37. The molecule has 0 amide bonds. The van der Waals surface area contributed by atoms with Crippen LogP contribution in [-0.4, -0.2) is 17.8 Å². The summed E-state index contributed by atoms with van der Waals surface area (Å²) in [4.78, 5) is 1.32. The van der Waals surface area contributed by atoms with Crippen molar-refractivity contribution in [3.05, 3.63) is 126 Å². The van der Waals surface area contributed by atoms with E-state index < -0.39 is 18.2 Å². The van der Waals surface area contributed by atoms with Gasteiger partial charge in [-0.05, 0) is 74.7 Å². The van der Waals surface area contributed by atoms with Gasteiger partial charge in [0.2, 0.25) is 0 Å². The molecule has 1 aromatic heterocycles. The number of hydrogen-bond donors (Lipinski definition) is 0. The lowest BCUT2D eigenvalue weighted by atomic mass is 9.99. The lowest BCUT2D eigenvalue weighted by molar-refractivity contribution is 0.636. The molecule has 5 heteroatoms. The smallest absolute Gasteiger partial charge is 0.346 e. The van der Waals surface area contributed by atoms with Gasteiger partial charge in [0.25, 0.3) is 0 Å². The maximum Gasteiger partial charge on any atom is 0.346 e. The number of nitrogens with zero attached hydrogens (tertiary/aromatic N) is 1. The van der Waals surface area contributed by atoms with E-state index in [-0.39, 0.29) is 0 Å². The van der Waals surface area contributed by atoms with Crippen LogP contribution in [0.2, 0.25) is 0 Å². The van der Waals surface area contributed by atoms with Crippen molar-refractivity contribution in [3.8, 4) is 0 Å². The van der Waals surface area contributed by atoms with Crippen molar-refractivity contribution in [2.45, 2.75) is 18.7 Å². The fourth-order valence-corrected chi connectivity index (χ4v) is 10.2. The van der Waals surface area contributed by atoms with Gasteiger partial charge in [-0.3, -0.25) is 0 Å². The average Bonchev–Trinajstić information content (AvgIpc) is 3.36. The lowest BCUT2D eigenvalue weighted by Crippen LogP contribution is -2.07. The Morgan fingerprint density at radius 2 is 1.18 bits per heavy atom.